The van der Waals surface area contributed by atoms with Crippen LogP contribution in [0.25, 0.3) is 0 Å². The summed E-state index contributed by atoms with van der Waals surface area (Å²) in [6, 6.07) is 14.8. The van der Waals surface area contributed by atoms with Crippen molar-refractivity contribution in [3.8, 4) is 5.75 Å². The molecule has 0 heterocycles. The molecule has 0 aliphatic rings. The second-order valence-corrected chi connectivity index (χ2v) is 5.48. The normalized spacial score (nSPS) is 12.6. The van der Waals surface area contributed by atoms with E-state index in [1.807, 2.05) is 6.07 Å². The van der Waals surface area contributed by atoms with E-state index in [0.29, 0.717) is 5.56 Å². The first-order valence-corrected chi connectivity index (χ1v) is 8.33. The fraction of sp³-hybridized carbons (Fsp3) is 0.250. The molecule has 0 spiro atoms. The number of benzene rings is 2. The molecular formula is C20H20O7. The number of phenolic OH excluding ortho intramolecular Hbond substituents is 1. The van der Waals surface area contributed by atoms with Crippen LogP contribution in [-0.4, -0.2) is 36.2 Å². The standard InChI is InChI=1S/C20H20O7/c1-2-25-20(24)19(15-10-6-7-11-16(15)22)27-18(13-21)26-17(23)12-14-8-4-3-5-9-14/h3-11,13,18-19,22H,2,12H2,1H3. The van der Waals surface area contributed by atoms with Crippen LogP contribution in [0.3, 0.4) is 0 Å². The van der Waals surface area contributed by atoms with Gasteiger partial charge in [-0.15, -0.1) is 0 Å². The van der Waals surface area contributed by atoms with E-state index in [1.165, 1.54) is 12.1 Å². The Bertz CT molecular complexity index is 773. The minimum Gasteiger partial charge on any atom is -0.508 e. The Morgan fingerprint density at radius 1 is 1.07 bits per heavy atom. The highest BCUT2D eigenvalue weighted by Crippen LogP contribution is 2.28. The lowest BCUT2D eigenvalue weighted by atomic mass is 10.1. The molecule has 27 heavy (non-hydrogen) atoms. The number of hydrogen-bond acceptors (Lipinski definition) is 7. The molecular weight excluding hydrogens is 352 g/mol. The van der Waals surface area contributed by atoms with Crippen LogP contribution in [0, 0.1) is 0 Å². The molecule has 2 rings (SSSR count). The number of rotatable bonds is 9. The molecule has 0 fully saturated rings. The predicted octanol–water partition coefficient (Wildman–Crippen LogP) is 2.32. The van der Waals surface area contributed by atoms with E-state index in [4.69, 9.17) is 14.2 Å². The van der Waals surface area contributed by atoms with E-state index in [2.05, 4.69) is 0 Å². The highest BCUT2D eigenvalue weighted by atomic mass is 16.7. The summed E-state index contributed by atoms with van der Waals surface area (Å²) in [5, 5.41) is 9.98. The highest BCUT2D eigenvalue weighted by molar-refractivity contribution is 5.78. The smallest absolute Gasteiger partial charge is 0.340 e. The van der Waals surface area contributed by atoms with Crippen LogP contribution < -0.4 is 0 Å². The van der Waals surface area contributed by atoms with Gasteiger partial charge in [-0.1, -0.05) is 48.5 Å². The second kappa shape index (κ2) is 10.1. The third-order valence-corrected chi connectivity index (χ3v) is 3.54. The zero-order chi connectivity index (χ0) is 19.6. The Labute approximate surface area is 156 Å². The second-order valence-electron chi connectivity index (χ2n) is 5.48. The van der Waals surface area contributed by atoms with Gasteiger partial charge < -0.3 is 19.3 Å². The van der Waals surface area contributed by atoms with E-state index < -0.39 is 24.3 Å². The number of aromatic hydroxyl groups is 1. The number of ether oxygens (including phenoxy) is 3. The quantitative estimate of drug-likeness (QED) is 0.410. The van der Waals surface area contributed by atoms with Crippen molar-refractivity contribution >= 4 is 18.2 Å². The van der Waals surface area contributed by atoms with E-state index in [0.717, 1.165) is 0 Å². The van der Waals surface area contributed by atoms with Crippen molar-refractivity contribution in [3.63, 3.8) is 0 Å². The van der Waals surface area contributed by atoms with Crippen LogP contribution in [0.2, 0.25) is 0 Å². The van der Waals surface area contributed by atoms with Gasteiger partial charge in [-0.25, -0.2) is 4.79 Å². The largest absolute Gasteiger partial charge is 0.508 e. The molecule has 0 aliphatic heterocycles. The topological polar surface area (TPSA) is 99.1 Å². The molecule has 1 N–H and O–H groups in total. The zero-order valence-corrected chi connectivity index (χ0v) is 14.7. The van der Waals surface area contributed by atoms with Gasteiger partial charge in [0.2, 0.25) is 0 Å². The van der Waals surface area contributed by atoms with Crippen molar-refractivity contribution in [3.05, 3.63) is 65.7 Å². The molecule has 2 unspecified atom stereocenters. The third-order valence-electron chi connectivity index (χ3n) is 3.54. The average Bonchev–Trinajstić information content (AvgIpc) is 2.66. The summed E-state index contributed by atoms with van der Waals surface area (Å²) in [6.45, 7) is 1.68. The van der Waals surface area contributed by atoms with Crippen LogP contribution >= 0.6 is 0 Å². The van der Waals surface area contributed by atoms with Crippen LogP contribution in [0.15, 0.2) is 54.6 Å². The van der Waals surface area contributed by atoms with Crippen molar-refractivity contribution in [2.75, 3.05) is 6.61 Å². The van der Waals surface area contributed by atoms with Crippen LogP contribution in [0.5, 0.6) is 5.75 Å². The van der Waals surface area contributed by atoms with Gasteiger partial charge >= 0.3 is 11.9 Å². The minimum absolute atomic E-state index is 0.0603. The molecule has 2 aromatic carbocycles. The van der Waals surface area contributed by atoms with Crippen molar-refractivity contribution in [1.29, 1.82) is 0 Å². The van der Waals surface area contributed by atoms with Gasteiger partial charge in [-0.3, -0.25) is 9.59 Å². The molecule has 0 radical (unpaired) electrons. The Balaban J connectivity index is 2.11. The minimum atomic E-state index is -1.63. The average molecular weight is 372 g/mol. The van der Waals surface area contributed by atoms with Crippen LogP contribution in [0.1, 0.15) is 24.2 Å². The fourth-order valence-corrected chi connectivity index (χ4v) is 2.34. The summed E-state index contributed by atoms with van der Waals surface area (Å²) in [7, 11) is 0. The number of esters is 2. The maximum absolute atomic E-state index is 12.2. The summed E-state index contributed by atoms with van der Waals surface area (Å²) in [5.74, 6) is -1.72. The first-order valence-electron chi connectivity index (χ1n) is 8.33. The molecule has 0 bridgehead atoms. The number of carbonyl (C=O) groups is 3. The lowest BCUT2D eigenvalue weighted by Gasteiger charge is -2.21. The molecule has 142 valence electrons. The molecule has 0 saturated carbocycles. The highest BCUT2D eigenvalue weighted by Gasteiger charge is 2.30. The molecule has 0 aliphatic carbocycles. The molecule has 7 nitrogen and oxygen atoms in total. The number of para-hydroxylation sites is 1. The lowest BCUT2D eigenvalue weighted by Crippen LogP contribution is -2.30. The van der Waals surface area contributed by atoms with Crippen molar-refractivity contribution in [2.45, 2.75) is 25.7 Å². The van der Waals surface area contributed by atoms with E-state index in [1.54, 1.807) is 43.3 Å². The summed E-state index contributed by atoms with van der Waals surface area (Å²) in [6.07, 6.45) is -2.86. The third kappa shape index (κ3) is 5.93. The molecule has 2 atom stereocenters. The van der Waals surface area contributed by atoms with Gasteiger partial charge in [0.15, 0.2) is 12.4 Å². The van der Waals surface area contributed by atoms with Gasteiger partial charge in [-0.2, -0.15) is 0 Å². The van der Waals surface area contributed by atoms with Crippen LogP contribution in [-0.2, 0) is 35.0 Å². The zero-order valence-electron chi connectivity index (χ0n) is 14.7. The maximum atomic E-state index is 12.2. The summed E-state index contributed by atoms with van der Waals surface area (Å²) >= 11 is 0. The fourth-order valence-electron chi connectivity index (χ4n) is 2.34. The van der Waals surface area contributed by atoms with E-state index in [-0.39, 0.29) is 30.6 Å². The lowest BCUT2D eigenvalue weighted by molar-refractivity contribution is -0.197. The summed E-state index contributed by atoms with van der Waals surface area (Å²) in [4.78, 5) is 35.6. The number of carbonyl (C=O) groups excluding carboxylic acids is 3. The Kier molecular flexibility index (Phi) is 7.51. The van der Waals surface area contributed by atoms with Crippen molar-refractivity contribution in [1.82, 2.24) is 0 Å². The van der Waals surface area contributed by atoms with Gasteiger partial charge in [0, 0.05) is 5.56 Å². The van der Waals surface area contributed by atoms with Gasteiger partial charge in [-0.05, 0) is 18.6 Å². The predicted molar refractivity (Wildman–Crippen MR) is 94.7 cm³/mol. The van der Waals surface area contributed by atoms with Gasteiger partial charge in [0.05, 0.1) is 13.0 Å². The maximum Gasteiger partial charge on any atom is 0.340 e. The Morgan fingerprint density at radius 3 is 2.37 bits per heavy atom. The number of aldehydes is 1. The molecule has 0 saturated heterocycles. The summed E-state index contributed by atoms with van der Waals surface area (Å²) < 4.78 is 15.3. The number of hydrogen-bond donors (Lipinski definition) is 1. The Hall–Kier alpha value is -3.19. The first kappa shape index (κ1) is 20.1. The van der Waals surface area contributed by atoms with E-state index in [9.17, 15) is 19.5 Å². The van der Waals surface area contributed by atoms with Gasteiger partial charge in [0.1, 0.15) is 5.75 Å². The molecule has 2 aromatic rings. The van der Waals surface area contributed by atoms with E-state index >= 15 is 0 Å². The van der Waals surface area contributed by atoms with Crippen LogP contribution in [0.4, 0.5) is 0 Å². The SMILES string of the molecule is CCOC(=O)C(OC(C=O)OC(=O)Cc1ccccc1)c1ccccc1O. The Morgan fingerprint density at radius 2 is 1.74 bits per heavy atom. The molecule has 7 heteroatoms. The monoisotopic (exact) mass is 372 g/mol. The molecule has 0 amide bonds. The van der Waals surface area contributed by atoms with Gasteiger partial charge in [0.25, 0.3) is 6.29 Å². The summed E-state index contributed by atoms with van der Waals surface area (Å²) in [5.41, 5.74) is 0.803. The van der Waals surface area contributed by atoms with Crippen molar-refractivity contribution < 1.29 is 33.7 Å². The first-order chi connectivity index (χ1) is 13.0. The number of phenols is 1. The molecule has 0 aromatic heterocycles. The van der Waals surface area contributed by atoms with Crippen molar-refractivity contribution in [2.24, 2.45) is 0 Å².